The summed E-state index contributed by atoms with van der Waals surface area (Å²) in [7, 11) is 0. The van der Waals surface area contributed by atoms with Crippen LogP contribution in [0.2, 0.25) is 0 Å². The first-order valence-electron chi connectivity index (χ1n) is 8.23. The van der Waals surface area contributed by atoms with E-state index in [1.54, 1.807) is 0 Å². The lowest BCUT2D eigenvalue weighted by Gasteiger charge is -2.29. The zero-order chi connectivity index (χ0) is 14.5. The van der Waals surface area contributed by atoms with Crippen molar-refractivity contribution in [2.75, 3.05) is 13.2 Å². The molecule has 0 spiro atoms. The maximum atomic E-state index is 9.25. The molecule has 20 heavy (non-hydrogen) atoms. The van der Waals surface area contributed by atoms with E-state index in [4.69, 9.17) is 9.47 Å². The van der Waals surface area contributed by atoms with Gasteiger partial charge < -0.3 is 9.47 Å². The van der Waals surface area contributed by atoms with E-state index in [0.717, 1.165) is 19.6 Å². The lowest BCUT2D eigenvalue weighted by molar-refractivity contribution is -0.0625. The third-order valence-electron chi connectivity index (χ3n) is 4.65. The monoisotopic (exact) mass is 279 g/mol. The highest BCUT2D eigenvalue weighted by Gasteiger charge is 2.44. The van der Waals surface area contributed by atoms with Crippen LogP contribution in [0.5, 0.6) is 0 Å². The molecule has 1 saturated carbocycles. The second kappa shape index (κ2) is 7.43. The van der Waals surface area contributed by atoms with Crippen molar-refractivity contribution >= 4 is 0 Å². The molecule has 3 nitrogen and oxygen atoms in total. The fraction of sp³-hybridized carbons (Fsp3) is 0.941. The molecule has 0 bridgehead atoms. The van der Waals surface area contributed by atoms with Gasteiger partial charge >= 0.3 is 0 Å². The summed E-state index contributed by atoms with van der Waals surface area (Å²) in [5.41, 5.74) is 0. The minimum Gasteiger partial charge on any atom is -0.378 e. The minimum atomic E-state index is -0.175. The highest BCUT2D eigenvalue weighted by molar-refractivity contribution is 5.02. The van der Waals surface area contributed by atoms with Gasteiger partial charge in [0.15, 0.2) is 0 Å². The van der Waals surface area contributed by atoms with E-state index in [-0.39, 0.29) is 6.10 Å². The molecule has 114 valence electrons. The Labute approximate surface area is 123 Å². The Bertz CT molecular complexity index is 332. The van der Waals surface area contributed by atoms with E-state index in [1.165, 1.54) is 25.7 Å². The quantitative estimate of drug-likeness (QED) is 0.645. The fourth-order valence-electron chi connectivity index (χ4n) is 3.13. The maximum Gasteiger partial charge on any atom is 0.147 e. The van der Waals surface area contributed by atoms with Crippen LogP contribution in [0.1, 0.15) is 52.9 Å². The maximum absolute atomic E-state index is 9.25. The molecule has 2 aliphatic rings. The van der Waals surface area contributed by atoms with Crippen molar-refractivity contribution in [3.05, 3.63) is 0 Å². The summed E-state index contributed by atoms with van der Waals surface area (Å²) in [5, 5.41) is 9.25. The summed E-state index contributed by atoms with van der Waals surface area (Å²) >= 11 is 0. The summed E-state index contributed by atoms with van der Waals surface area (Å²) in [4.78, 5) is 0. The molecule has 0 aromatic carbocycles. The van der Waals surface area contributed by atoms with E-state index in [9.17, 15) is 5.26 Å². The number of hydrogen-bond acceptors (Lipinski definition) is 3. The number of rotatable bonds is 9. The third-order valence-corrected chi connectivity index (χ3v) is 4.65. The van der Waals surface area contributed by atoms with Gasteiger partial charge in [-0.25, -0.2) is 0 Å². The van der Waals surface area contributed by atoms with Crippen molar-refractivity contribution in [2.45, 2.75) is 65.1 Å². The Balaban J connectivity index is 1.62. The van der Waals surface area contributed by atoms with Gasteiger partial charge in [0.2, 0.25) is 0 Å². The first-order valence-corrected chi connectivity index (χ1v) is 8.23. The molecule has 0 aromatic rings. The van der Waals surface area contributed by atoms with Crippen molar-refractivity contribution in [2.24, 2.45) is 23.7 Å². The molecule has 1 saturated heterocycles. The molecule has 4 unspecified atom stereocenters. The predicted molar refractivity (Wildman–Crippen MR) is 79.2 cm³/mol. The molecule has 2 fully saturated rings. The van der Waals surface area contributed by atoms with Crippen LogP contribution in [0.15, 0.2) is 0 Å². The third kappa shape index (κ3) is 4.75. The van der Waals surface area contributed by atoms with Gasteiger partial charge in [-0.3, -0.25) is 0 Å². The minimum absolute atomic E-state index is 0.175. The standard InChI is InChI=1S/C17H29NO2/c1-12(2)4-6-20-17(11-18)16-10-14(16)8-13(3)9-15-5-7-19-15/h12-17H,4-10H2,1-3H3/t13?,14?,15-,16?,17?/m0/s1. The van der Waals surface area contributed by atoms with Crippen LogP contribution in [0.25, 0.3) is 0 Å². The normalized spacial score (nSPS) is 31.4. The average Bonchev–Trinajstić information content (AvgIpc) is 3.08. The van der Waals surface area contributed by atoms with Gasteiger partial charge in [-0.1, -0.05) is 20.8 Å². The largest absolute Gasteiger partial charge is 0.378 e. The first-order chi connectivity index (χ1) is 9.60. The van der Waals surface area contributed by atoms with Crippen molar-refractivity contribution < 1.29 is 9.47 Å². The van der Waals surface area contributed by atoms with E-state index in [0.29, 0.717) is 29.8 Å². The van der Waals surface area contributed by atoms with Crippen molar-refractivity contribution in [3.8, 4) is 6.07 Å². The SMILES string of the molecule is CC(C)CCOC(C#N)C1CC1CC(C)C[C@@H]1CCO1. The Morgan fingerprint density at radius 1 is 1.30 bits per heavy atom. The second-order valence-electron chi connectivity index (χ2n) is 7.12. The summed E-state index contributed by atoms with van der Waals surface area (Å²) in [6, 6.07) is 2.36. The smallest absolute Gasteiger partial charge is 0.147 e. The summed E-state index contributed by atoms with van der Waals surface area (Å²) in [5.74, 6) is 2.54. The van der Waals surface area contributed by atoms with E-state index in [2.05, 4.69) is 26.8 Å². The van der Waals surface area contributed by atoms with Crippen LogP contribution in [0, 0.1) is 35.0 Å². The second-order valence-corrected chi connectivity index (χ2v) is 7.12. The van der Waals surface area contributed by atoms with E-state index < -0.39 is 0 Å². The van der Waals surface area contributed by atoms with Gasteiger partial charge in [-0.15, -0.1) is 0 Å². The van der Waals surface area contributed by atoms with Gasteiger partial charge in [-0.05, 0) is 49.9 Å². The highest BCUT2D eigenvalue weighted by Crippen LogP contribution is 2.47. The zero-order valence-corrected chi connectivity index (χ0v) is 13.2. The first kappa shape index (κ1) is 15.8. The topological polar surface area (TPSA) is 42.2 Å². The molecule has 3 heteroatoms. The van der Waals surface area contributed by atoms with E-state index in [1.807, 2.05) is 0 Å². The average molecular weight is 279 g/mol. The van der Waals surface area contributed by atoms with Crippen LogP contribution >= 0.6 is 0 Å². The molecular formula is C17H29NO2. The summed E-state index contributed by atoms with van der Waals surface area (Å²) in [6.45, 7) is 8.37. The molecule has 1 aliphatic heterocycles. The molecule has 0 radical (unpaired) electrons. The Hall–Kier alpha value is -0.590. The molecular weight excluding hydrogens is 250 g/mol. The van der Waals surface area contributed by atoms with Crippen LogP contribution in [-0.2, 0) is 9.47 Å². The van der Waals surface area contributed by atoms with Gasteiger partial charge in [0.1, 0.15) is 6.10 Å². The predicted octanol–water partition coefficient (Wildman–Crippen LogP) is 3.78. The van der Waals surface area contributed by atoms with Crippen molar-refractivity contribution in [1.82, 2.24) is 0 Å². The van der Waals surface area contributed by atoms with Gasteiger partial charge in [0.25, 0.3) is 0 Å². The van der Waals surface area contributed by atoms with Crippen LogP contribution < -0.4 is 0 Å². The van der Waals surface area contributed by atoms with E-state index >= 15 is 0 Å². The number of nitrogens with zero attached hydrogens (tertiary/aromatic N) is 1. The van der Waals surface area contributed by atoms with Crippen molar-refractivity contribution in [3.63, 3.8) is 0 Å². The van der Waals surface area contributed by atoms with Gasteiger partial charge in [-0.2, -0.15) is 5.26 Å². The molecule has 1 aliphatic carbocycles. The Morgan fingerprint density at radius 3 is 2.60 bits per heavy atom. The highest BCUT2D eigenvalue weighted by atomic mass is 16.5. The Morgan fingerprint density at radius 2 is 2.05 bits per heavy atom. The fourth-order valence-corrected chi connectivity index (χ4v) is 3.13. The summed E-state index contributed by atoms with van der Waals surface area (Å²) in [6.07, 6.45) is 6.21. The van der Waals surface area contributed by atoms with Crippen molar-refractivity contribution in [1.29, 1.82) is 5.26 Å². The molecule has 0 N–H and O–H groups in total. The number of ether oxygens (including phenoxy) is 2. The molecule has 0 aromatic heterocycles. The molecule has 1 heterocycles. The van der Waals surface area contributed by atoms with Gasteiger partial charge in [0.05, 0.1) is 12.2 Å². The number of nitriles is 1. The van der Waals surface area contributed by atoms with Crippen LogP contribution in [0.3, 0.4) is 0 Å². The summed E-state index contributed by atoms with van der Waals surface area (Å²) < 4.78 is 11.3. The molecule has 2 rings (SSSR count). The van der Waals surface area contributed by atoms with Crippen LogP contribution in [0.4, 0.5) is 0 Å². The Kier molecular flexibility index (Phi) is 5.86. The lowest BCUT2D eigenvalue weighted by Crippen LogP contribution is -2.28. The van der Waals surface area contributed by atoms with Crippen LogP contribution in [-0.4, -0.2) is 25.4 Å². The molecule has 5 atom stereocenters. The number of hydrogen-bond donors (Lipinski definition) is 0. The van der Waals surface area contributed by atoms with Gasteiger partial charge in [0, 0.05) is 19.1 Å². The zero-order valence-electron chi connectivity index (χ0n) is 13.2. The molecule has 0 amide bonds. The lowest BCUT2D eigenvalue weighted by atomic mass is 9.93.